The summed E-state index contributed by atoms with van der Waals surface area (Å²) < 4.78 is 18.3. The number of nitrogens with one attached hydrogen (secondary N) is 1. The predicted molar refractivity (Wildman–Crippen MR) is 94.3 cm³/mol. The minimum Gasteiger partial charge on any atom is -0.494 e. The van der Waals surface area contributed by atoms with Crippen molar-refractivity contribution in [3.63, 3.8) is 0 Å². The van der Waals surface area contributed by atoms with Crippen LogP contribution in [0.2, 0.25) is 0 Å². The standard InChI is InChI=1S/C18H16FN3O2S/c1-24-16-10-12(5-6-13(16)19)18(23)21-9-7-17-22-15(11-25-17)14-4-2-3-8-20-14/h2-6,8,10-11H,7,9H2,1H3,(H,21,23). The Morgan fingerprint density at radius 3 is 2.92 bits per heavy atom. The van der Waals surface area contributed by atoms with Gasteiger partial charge >= 0.3 is 0 Å². The van der Waals surface area contributed by atoms with E-state index in [9.17, 15) is 9.18 Å². The number of nitrogens with zero attached hydrogens (tertiary/aromatic N) is 2. The number of amides is 1. The molecule has 1 aromatic carbocycles. The molecule has 5 nitrogen and oxygen atoms in total. The van der Waals surface area contributed by atoms with Crippen molar-refractivity contribution in [3.8, 4) is 17.1 Å². The van der Waals surface area contributed by atoms with Crippen molar-refractivity contribution < 1.29 is 13.9 Å². The summed E-state index contributed by atoms with van der Waals surface area (Å²) in [6.07, 6.45) is 2.34. The number of pyridine rings is 1. The van der Waals surface area contributed by atoms with E-state index in [1.54, 1.807) is 6.20 Å². The second-order valence-corrected chi connectivity index (χ2v) is 6.14. The monoisotopic (exact) mass is 357 g/mol. The number of methoxy groups -OCH3 is 1. The van der Waals surface area contributed by atoms with Gasteiger partial charge < -0.3 is 10.1 Å². The smallest absolute Gasteiger partial charge is 0.251 e. The van der Waals surface area contributed by atoms with Crippen molar-refractivity contribution in [1.29, 1.82) is 0 Å². The zero-order chi connectivity index (χ0) is 17.6. The van der Waals surface area contributed by atoms with Crippen LogP contribution in [-0.2, 0) is 6.42 Å². The van der Waals surface area contributed by atoms with Crippen molar-refractivity contribution >= 4 is 17.2 Å². The van der Waals surface area contributed by atoms with E-state index in [0.29, 0.717) is 18.5 Å². The molecule has 0 atom stereocenters. The van der Waals surface area contributed by atoms with Crippen molar-refractivity contribution in [2.24, 2.45) is 0 Å². The first-order valence-electron chi connectivity index (χ1n) is 7.65. The number of halogens is 1. The number of carbonyl (C=O) groups is 1. The maximum Gasteiger partial charge on any atom is 0.251 e. The van der Waals surface area contributed by atoms with Gasteiger partial charge in [0.15, 0.2) is 11.6 Å². The van der Waals surface area contributed by atoms with Crippen molar-refractivity contribution in [1.82, 2.24) is 15.3 Å². The number of thiazole rings is 1. The van der Waals surface area contributed by atoms with E-state index in [4.69, 9.17) is 4.74 Å². The third-order valence-electron chi connectivity index (χ3n) is 3.52. The Bertz CT molecular complexity index is 868. The van der Waals surface area contributed by atoms with Crippen LogP contribution in [0.15, 0.2) is 48.0 Å². The first-order valence-corrected chi connectivity index (χ1v) is 8.53. The second-order valence-electron chi connectivity index (χ2n) is 5.20. The molecule has 0 bridgehead atoms. The fourth-order valence-electron chi connectivity index (χ4n) is 2.24. The Morgan fingerprint density at radius 2 is 2.16 bits per heavy atom. The molecule has 3 rings (SSSR count). The molecular weight excluding hydrogens is 341 g/mol. The van der Waals surface area contributed by atoms with Gasteiger partial charge in [0.05, 0.1) is 23.5 Å². The van der Waals surface area contributed by atoms with Gasteiger partial charge in [-0.1, -0.05) is 6.07 Å². The maximum atomic E-state index is 13.4. The minimum atomic E-state index is -0.496. The highest BCUT2D eigenvalue weighted by Crippen LogP contribution is 2.20. The summed E-state index contributed by atoms with van der Waals surface area (Å²) in [5.74, 6) is -0.726. The van der Waals surface area contributed by atoms with Crippen molar-refractivity contribution in [2.75, 3.05) is 13.7 Å². The molecule has 0 aliphatic rings. The van der Waals surface area contributed by atoms with Gasteiger partial charge in [-0.15, -0.1) is 11.3 Å². The number of hydrogen-bond acceptors (Lipinski definition) is 5. The van der Waals surface area contributed by atoms with Gasteiger partial charge in [-0.2, -0.15) is 0 Å². The Hall–Kier alpha value is -2.80. The lowest BCUT2D eigenvalue weighted by Crippen LogP contribution is -2.25. The van der Waals surface area contributed by atoms with E-state index in [2.05, 4.69) is 15.3 Å². The van der Waals surface area contributed by atoms with Gasteiger partial charge in [-0.3, -0.25) is 9.78 Å². The largest absolute Gasteiger partial charge is 0.494 e. The molecule has 0 saturated carbocycles. The zero-order valence-electron chi connectivity index (χ0n) is 13.5. The van der Waals surface area contributed by atoms with Gasteiger partial charge in [-0.05, 0) is 30.3 Å². The highest BCUT2D eigenvalue weighted by molar-refractivity contribution is 7.09. The first kappa shape index (κ1) is 17.0. The number of rotatable bonds is 6. The number of benzene rings is 1. The molecule has 2 heterocycles. The molecule has 0 fully saturated rings. The van der Waals surface area contributed by atoms with Crippen molar-refractivity contribution in [3.05, 3.63) is 64.4 Å². The fourth-order valence-corrected chi connectivity index (χ4v) is 3.04. The van der Waals surface area contributed by atoms with E-state index < -0.39 is 5.82 Å². The van der Waals surface area contributed by atoms with Crippen molar-refractivity contribution in [2.45, 2.75) is 6.42 Å². The molecule has 0 aliphatic heterocycles. The summed E-state index contributed by atoms with van der Waals surface area (Å²) in [5.41, 5.74) is 2.01. The third kappa shape index (κ3) is 4.19. The third-order valence-corrected chi connectivity index (χ3v) is 4.43. The van der Waals surface area contributed by atoms with Crippen LogP contribution in [0, 0.1) is 5.82 Å². The van der Waals surface area contributed by atoms with Crippen LogP contribution in [0.25, 0.3) is 11.4 Å². The number of ether oxygens (including phenoxy) is 1. The summed E-state index contributed by atoms with van der Waals surface area (Å²) in [7, 11) is 1.36. The Morgan fingerprint density at radius 1 is 1.28 bits per heavy atom. The number of carbonyl (C=O) groups excluding carboxylic acids is 1. The zero-order valence-corrected chi connectivity index (χ0v) is 14.3. The Kier molecular flexibility index (Phi) is 5.35. The van der Waals surface area contributed by atoms with E-state index in [1.807, 2.05) is 23.6 Å². The molecule has 1 amide bonds. The van der Waals surface area contributed by atoms with Crippen LogP contribution in [-0.4, -0.2) is 29.5 Å². The van der Waals surface area contributed by atoms with Crippen LogP contribution >= 0.6 is 11.3 Å². The first-order chi connectivity index (χ1) is 12.2. The van der Waals surface area contributed by atoms with Crippen LogP contribution in [0.1, 0.15) is 15.4 Å². The van der Waals surface area contributed by atoms with Crippen LogP contribution in [0.5, 0.6) is 5.75 Å². The topological polar surface area (TPSA) is 64.1 Å². The van der Waals surface area contributed by atoms with Gasteiger partial charge in [-0.25, -0.2) is 9.37 Å². The summed E-state index contributed by atoms with van der Waals surface area (Å²) in [6.45, 7) is 0.438. The van der Waals surface area contributed by atoms with Gasteiger partial charge in [0, 0.05) is 30.1 Å². The van der Waals surface area contributed by atoms with E-state index in [1.165, 1.54) is 36.6 Å². The van der Waals surface area contributed by atoms with Crippen LogP contribution in [0.4, 0.5) is 4.39 Å². The van der Waals surface area contributed by atoms with Gasteiger partial charge in [0.1, 0.15) is 0 Å². The molecule has 0 spiro atoms. The molecule has 3 aromatic rings. The summed E-state index contributed by atoms with van der Waals surface area (Å²) in [6, 6.07) is 9.70. The molecule has 25 heavy (non-hydrogen) atoms. The summed E-state index contributed by atoms with van der Waals surface area (Å²) in [5, 5.41) is 5.66. The fraction of sp³-hybridized carbons (Fsp3) is 0.167. The normalized spacial score (nSPS) is 10.5. The highest BCUT2D eigenvalue weighted by atomic mass is 32.1. The molecule has 0 unspecified atom stereocenters. The molecule has 0 radical (unpaired) electrons. The number of aromatic nitrogens is 2. The van der Waals surface area contributed by atoms with Crippen LogP contribution in [0.3, 0.4) is 0 Å². The van der Waals surface area contributed by atoms with Gasteiger partial charge in [0.25, 0.3) is 5.91 Å². The maximum absolute atomic E-state index is 13.4. The van der Waals surface area contributed by atoms with E-state index in [0.717, 1.165) is 16.4 Å². The Labute approximate surface area is 148 Å². The lowest BCUT2D eigenvalue weighted by Gasteiger charge is -2.06. The SMILES string of the molecule is COc1cc(C(=O)NCCc2nc(-c3ccccn3)cs2)ccc1F. The molecule has 1 N–H and O–H groups in total. The average Bonchev–Trinajstić information content (AvgIpc) is 3.11. The van der Waals surface area contributed by atoms with E-state index >= 15 is 0 Å². The molecule has 0 aliphatic carbocycles. The van der Waals surface area contributed by atoms with Gasteiger partial charge in [0.2, 0.25) is 0 Å². The quantitative estimate of drug-likeness (QED) is 0.735. The number of hydrogen-bond donors (Lipinski definition) is 1. The molecule has 7 heteroatoms. The molecule has 128 valence electrons. The molecule has 2 aromatic heterocycles. The summed E-state index contributed by atoms with van der Waals surface area (Å²) in [4.78, 5) is 20.9. The Balaban J connectivity index is 1.56. The van der Waals surface area contributed by atoms with Crippen LogP contribution < -0.4 is 10.1 Å². The lowest BCUT2D eigenvalue weighted by molar-refractivity contribution is 0.0953. The minimum absolute atomic E-state index is 0.0487. The second kappa shape index (κ2) is 7.85. The summed E-state index contributed by atoms with van der Waals surface area (Å²) >= 11 is 1.53. The molecule has 0 saturated heterocycles. The average molecular weight is 357 g/mol. The predicted octanol–water partition coefficient (Wildman–Crippen LogP) is 3.33. The lowest BCUT2D eigenvalue weighted by atomic mass is 10.2. The highest BCUT2D eigenvalue weighted by Gasteiger charge is 2.10. The molecular formula is C18H16FN3O2S. The van der Waals surface area contributed by atoms with E-state index in [-0.39, 0.29) is 11.7 Å².